The van der Waals surface area contributed by atoms with Crippen LogP contribution in [0, 0.1) is 11.3 Å². The molecular formula is C25H31NO3. The van der Waals surface area contributed by atoms with Crippen LogP contribution in [0.5, 0.6) is 0 Å². The van der Waals surface area contributed by atoms with Crippen molar-refractivity contribution in [2.45, 2.75) is 58.7 Å². The summed E-state index contributed by atoms with van der Waals surface area (Å²) in [7, 11) is 0. The second-order valence-electron chi connectivity index (χ2n) is 8.81. The summed E-state index contributed by atoms with van der Waals surface area (Å²) in [5.41, 5.74) is 2.35. The lowest BCUT2D eigenvalue weighted by molar-refractivity contribution is -0.251. The molecule has 2 aromatic rings. The average Bonchev–Trinajstić information content (AvgIpc) is 3.12. The minimum atomic E-state index is -0.627. The Morgan fingerprint density at radius 3 is 2.52 bits per heavy atom. The van der Waals surface area contributed by atoms with Gasteiger partial charge in [0, 0.05) is 6.04 Å². The summed E-state index contributed by atoms with van der Waals surface area (Å²) in [6.45, 7) is 9.35. The Kier molecular flexibility index (Phi) is 5.26. The molecule has 1 unspecified atom stereocenters. The Morgan fingerprint density at radius 2 is 1.83 bits per heavy atom. The molecule has 0 spiro atoms. The number of nitrogens with zero attached hydrogens (tertiary/aromatic N) is 1. The summed E-state index contributed by atoms with van der Waals surface area (Å²) < 4.78 is 5.64. The third-order valence-corrected chi connectivity index (χ3v) is 6.91. The predicted molar refractivity (Wildman–Crippen MR) is 113 cm³/mol. The summed E-state index contributed by atoms with van der Waals surface area (Å²) in [5, 5.41) is 2.13. The molecule has 0 saturated carbocycles. The molecule has 4 heteroatoms. The van der Waals surface area contributed by atoms with Crippen molar-refractivity contribution in [3.05, 3.63) is 71.3 Å². The molecule has 3 atom stereocenters. The second-order valence-corrected chi connectivity index (χ2v) is 8.81. The highest BCUT2D eigenvalue weighted by Crippen LogP contribution is 2.63. The lowest BCUT2D eigenvalue weighted by atomic mass is 9.71. The molecule has 154 valence electrons. The van der Waals surface area contributed by atoms with Gasteiger partial charge < -0.3 is 4.74 Å². The van der Waals surface area contributed by atoms with Gasteiger partial charge in [-0.2, -0.15) is 5.06 Å². The maximum Gasteiger partial charge on any atom is 0.314 e. The largest absolute Gasteiger partial charge is 0.465 e. The molecule has 1 fully saturated rings. The number of fused-ring (bicyclic) bond motifs is 3. The van der Waals surface area contributed by atoms with Crippen LogP contribution < -0.4 is 0 Å². The summed E-state index contributed by atoms with van der Waals surface area (Å²) in [5.74, 6) is 0.252. The summed E-state index contributed by atoms with van der Waals surface area (Å²) in [6, 6.07) is 18.8. The van der Waals surface area contributed by atoms with Gasteiger partial charge in [0.05, 0.1) is 24.2 Å². The molecule has 29 heavy (non-hydrogen) atoms. The fourth-order valence-electron chi connectivity index (χ4n) is 5.35. The number of rotatable bonds is 6. The third-order valence-electron chi connectivity index (χ3n) is 6.91. The molecule has 4 rings (SSSR count). The molecule has 4 nitrogen and oxygen atoms in total. The first kappa shape index (κ1) is 20.1. The second kappa shape index (κ2) is 7.58. The van der Waals surface area contributed by atoms with Gasteiger partial charge >= 0.3 is 5.97 Å². The zero-order chi connectivity index (χ0) is 20.6. The fraction of sp³-hybridized carbons (Fsp3) is 0.480. The Balaban J connectivity index is 1.78. The Labute approximate surface area is 173 Å². The van der Waals surface area contributed by atoms with E-state index in [-0.39, 0.29) is 12.0 Å². The quantitative estimate of drug-likeness (QED) is 0.657. The SMILES string of the molecule is CCOC(=O)[C@@]12Cc3ccccc3[C@]1(C)N(OCc1ccccc1)C(C(C)C)C2. The van der Waals surface area contributed by atoms with Crippen LogP contribution in [-0.4, -0.2) is 23.7 Å². The highest BCUT2D eigenvalue weighted by molar-refractivity contribution is 5.82. The lowest BCUT2D eigenvalue weighted by Crippen LogP contribution is -2.51. The Morgan fingerprint density at radius 1 is 1.14 bits per heavy atom. The van der Waals surface area contributed by atoms with Crippen LogP contribution in [0.15, 0.2) is 54.6 Å². The Hall–Kier alpha value is -2.17. The maximum absolute atomic E-state index is 13.4. The van der Waals surface area contributed by atoms with Gasteiger partial charge in [0.15, 0.2) is 0 Å². The minimum Gasteiger partial charge on any atom is -0.465 e. The van der Waals surface area contributed by atoms with Gasteiger partial charge in [-0.25, -0.2) is 0 Å². The number of hydroxylamine groups is 2. The van der Waals surface area contributed by atoms with E-state index in [1.165, 1.54) is 11.1 Å². The number of carbonyl (C=O) groups excluding carboxylic acids is 1. The van der Waals surface area contributed by atoms with E-state index in [1.807, 2.05) is 25.1 Å². The molecule has 2 aromatic carbocycles. The van der Waals surface area contributed by atoms with Gasteiger partial charge in [-0.1, -0.05) is 68.4 Å². The van der Waals surface area contributed by atoms with Crippen molar-refractivity contribution in [2.75, 3.05) is 6.61 Å². The van der Waals surface area contributed by atoms with Crippen LogP contribution in [0.2, 0.25) is 0 Å². The van der Waals surface area contributed by atoms with E-state index in [1.54, 1.807) is 0 Å². The summed E-state index contributed by atoms with van der Waals surface area (Å²) in [6.07, 6.45) is 1.44. The molecule has 0 radical (unpaired) electrons. The van der Waals surface area contributed by atoms with Crippen LogP contribution in [0.3, 0.4) is 0 Å². The first-order chi connectivity index (χ1) is 13.9. The van der Waals surface area contributed by atoms with Crippen molar-refractivity contribution >= 4 is 5.97 Å². The van der Waals surface area contributed by atoms with E-state index in [4.69, 9.17) is 9.57 Å². The number of ether oxygens (including phenoxy) is 1. The van der Waals surface area contributed by atoms with Gasteiger partial charge in [0.25, 0.3) is 0 Å². The zero-order valence-electron chi connectivity index (χ0n) is 17.9. The molecule has 1 aliphatic heterocycles. The van der Waals surface area contributed by atoms with E-state index in [2.05, 4.69) is 62.2 Å². The minimum absolute atomic E-state index is 0.102. The molecule has 2 aliphatic rings. The molecule has 1 heterocycles. The summed E-state index contributed by atoms with van der Waals surface area (Å²) in [4.78, 5) is 19.9. The number of esters is 1. The average molecular weight is 394 g/mol. The molecule has 0 bridgehead atoms. The van der Waals surface area contributed by atoms with Crippen LogP contribution in [0.1, 0.15) is 50.8 Å². The van der Waals surface area contributed by atoms with E-state index in [0.29, 0.717) is 25.6 Å². The standard InChI is InChI=1S/C25H31NO3/c1-5-28-23(27)25-15-20-13-9-10-14-21(20)24(25,4)26(22(16-25)18(2)3)29-17-19-11-7-6-8-12-19/h6-14,18,22H,5,15-17H2,1-4H3/t22?,24-,25-/m0/s1. The van der Waals surface area contributed by atoms with Crippen molar-refractivity contribution < 1.29 is 14.4 Å². The number of hydrogen-bond acceptors (Lipinski definition) is 4. The van der Waals surface area contributed by atoms with Gasteiger partial charge in [0.1, 0.15) is 0 Å². The highest BCUT2D eigenvalue weighted by Gasteiger charge is 2.70. The normalized spacial score (nSPS) is 28.4. The highest BCUT2D eigenvalue weighted by atomic mass is 16.7. The van der Waals surface area contributed by atoms with E-state index in [9.17, 15) is 4.79 Å². The zero-order valence-corrected chi connectivity index (χ0v) is 17.9. The van der Waals surface area contributed by atoms with E-state index < -0.39 is 11.0 Å². The number of hydrogen-bond donors (Lipinski definition) is 0. The van der Waals surface area contributed by atoms with Crippen molar-refractivity contribution in [2.24, 2.45) is 11.3 Å². The topological polar surface area (TPSA) is 38.8 Å². The van der Waals surface area contributed by atoms with Crippen molar-refractivity contribution in [3.63, 3.8) is 0 Å². The van der Waals surface area contributed by atoms with Crippen molar-refractivity contribution in [1.82, 2.24) is 5.06 Å². The summed E-state index contributed by atoms with van der Waals surface area (Å²) >= 11 is 0. The van der Waals surface area contributed by atoms with E-state index >= 15 is 0 Å². The third kappa shape index (κ3) is 3.01. The van der Waals surface area contributed by atoms with Crippen LogP contribution in [-0.2, 0) is 32.9 Å². The van der Waals surface area contributed by atoms with Crippen LogP contribution in [0.25, 0.3) is 0 Å². The van der Waals surface area contributed by atoms with Crippen LogP contribution in [0.4, 0.5) is 0 Å². The first-order valence-electron chi connectivity index (χ1n) is 10.7. The first-order valence-corrected chi connectivity index (χ1v) is 10.7. The lowest BCUT2D eigenvalue weighted by Gasteiger charge is -2.42. The monoisotopic (exact) mass is 393 g/mol. The van der Waals surface area contributed by atoms with Crippen LogP contribution >= 0.6 is 0 Å². The number of carbonyl (C=O) groups is 1. The van der Waals surface area contributed by atoms with Crippen molar-refractivity contribution in [3.8, 4) is 0 Å². The van der Waals surface area contributed by atoms with Gasteiger partial charge in [-0.15, -0.1) is 0 Å². The van der Waals surface area contributed by atoms with Crippen molar-refractivity contribution in [1.29, 1.82) is 0 Å². The number of benzene rings is 2. The molecule has 1 saturated heterocycles. The smallest absolute Gasteiger partial charge is 0.314 e. The maximum atomic E-state index is 13.4. The van der Waals surface area contributed by atoms with Gasteiger partial charge in [0.2, 0.25) is 0 Å². The van der Waals surface area contributed by atoms with E-state index in [0.717, 1.165) is 12.0 Å². The van der Waals surface area contributed by atoms with Gasteiger partial charge in [-0.3, -0.25) is 9.63 Å². The molecule has 0 aromatic heterocycles. The Bertz CT molecular complexity index is 881. The molecular weight excluding hydrogens is 362 g/mol. The van der Waals surface area contributed by atoms with Gasteiger partial charge in [-0.05, 0) is 49.3 Å². The molecule has 0 N–H and O–H groups in total. The molecule has 0 amide bonds. The molecule has 1 aliphatic carbocycles. The predicted octanol–water partition coefficient (Wildman–Crippen LogP) is 4.87. The fourth-order valence-corrected chi connectivity index (χ4v) is 5.35.